The Morgan fingerprint density at radius 2 is 1.38 bits per heavy atom. The third-order valence-corrected chi connectivity index (χ3v) is 11.0. The van der Waals surface area contributed by atoms with E-state index in [4.69, 9.17) is 28.5 Å². The first-order valence-electron chi connectivity index (χ1n) is 20.5. The van der Waals surface area contributed by atoms with Crippen LogP contribution in [0.15, 0.2) is 103 Å². The van der Waals surface area contributed by atoms with Crippen LogP contribution >= 0.6 is 0 Å². The predicted octanol–water partition coefficient (Wildman–Crippen LogP) is 7.02. The summed E-state index contributed by atoms with van der Waals surface area (Å²) >= 11 is 0. The number of aromatic amines is 1. The molecule has 328 valence electrons. The van der Waals surface area contributed by atoms with E-state index in [1.54, 1.807) is 17.0 Å². The van der Waals surface area contributed by atoms with Crippen molar-refractivity contribution < 1.29 is 56.9 Å². The van der Waals surface area contributed by atoms with Crippen LogP contribution in [0.25, 0.3) is 28.1 Å². The Kier molecular flexibility index (Phi) is 14.0. The third-order valence-electron chi connectivity index (χ3n) is 11.0. The first kappa shape index (κ1) is 44.2. The smallest absolute Gasteiger partial charge is 0.410 e. The average molecular weight is 862 g/mol. The molecule has 2 heterocycles. The minimum Gasteiger partial charge on any atom is -0.456 e. The Labute approximate surface area is 363 Å². The van der Waals surface area contributed by atoms with E-state index < -0.39 is 67.3 Å². The maximum Gasteiger partial charge on any atom is 0.410 e. The lowest BCUT2D eigenvalue weighted by Crippen LogP contribution is -2.63. The van der Waals surface area contributed by atoms with Crippen LogP contribution in [0.3, 0.4) is 0 Å². The van der Waals surface area contributed by atoms with Crippen LogP contribution in [0.4, 0.5) is 9.18 Å². The second kappa shape index (κ2) is 19.9. The largest absolute Gasteiger partial charge is 0.456 e. The van der Waals surface area contributed by atoms with Gasteiger partial charge in [-0.3, -0.25) is 19.2 Å². The minimum absolute atomic E-state index is 0.0948. The van der Waals surface area contributed by atoms with Gasteiger partial charge in [-0.1, -0.05) is 91.0 Å². The van der Waals surface area contributed by atoms with Crippen molar-refractivity contribution in [3.63, 3.8) is 0 Å². The van der Waals surface area contributed by atoms with Gasteiger partial charge in [0.15, 0.2) is 18.3 Å². The highest BCUT2D eigenvalue weighted by molar-refractivity contribution is 5.91. The monoisotopic (exact) mass is 861 g/mol. The maximum atomic E-state index is 14.1. The van der Waals surface area contributed by atoms with Crippen molar-refractivity contribution in [3.05, 3.63) is 137 Å². The molecule has 5 aromatic rings. The van der Waals surface area contributed by atoms with Gasteiger partial charge in [-0.05, 0) is 64.4 Å². The van der Waals surface area contributed by atoms with Gasteiger partial charge >= 0.3 is 24.0 Å². The Hall–Kier alpha value is -6.84. The van der Waals surface area contributed by atoms with E-state index in [1.807, 2.05) is 61.5 Å². The zero-order valence-corrected chi connectivity index (χ0v) is 35.2. The first-order valence-corrected chi connectivity index (χ1v) is 20.5. The van der Waals surface area contributed by atoms with E-state index in [9.17, 15) is 28.4 Å². The number of benzene rings is 4. The van der Waals surface area contributed by atoms with Gasteiger partial charge in [0.25, 0.3) is 5.91 Å². The van der Waals surface area contributed by atoms with Gasteiger partial charge in [0, 0.05) is 62.5 Å². The fourth-order valence-electron chi connectivity index (χ4n) is 8.17. The van der Waals surface area contributed by atoms with Crippen LogP contribution in [0.1, 0.15) is 60.2 Å². The van der Waals surface area contributed by atoms with Crippen molar-refractivity contribution >= 4 is 46.9 Å². The van der Waals surface area contributed by atoms with Crippen LogP contribution < -0.4 is 5.48 Å². The quantitative estimate of drug-likeness (QED) is 0.0480. The highest BCUT2D eigenvalue weighted by Crippen LogP contribution is 2.44. The van der Waals surface area contributed by atoms with Crippen molar-refractivity contribution in [1.29, 1.82) is 0 Å². The summed E-state index contributed by atoms with van der Waals surface area (Å²) in [4.78, 5) is 73.2. The molecule has 2 amide bonds. The van der Waals surface area contributed by atoms with Crippen molar-refractivity contribution in [2.45, 2.75) is 77.3 Å². The van der Waals surface area contributed by atoms with Crippen molar-refractivity contribution in [2.24, 2.45) is 0 Å². The molecule has 14 nitrogen and oxygen atoms in total. The number of aryl methyl sites for hydroxylation is 1. The van der Waals surface area contributed by atoms with E-state index in [-0.39, 0.29) is 19.1 Å². The number of esters is 3. The van der Waals surface area contributed by atoms with E-state index in [0.29, 0.717) is 18.5 Å². The highest BCUT2D eigenvalue weighted by atomic mass is 19.1. The van der Waals surface area contributed by atoms with Crippen LogP contribution in [0.5, 0.6) is 0 Å². The zero-order chi connectivity index (χ0) is 44.6. The number of nitrogens with one attached hydrogen (secondary N) is 2. The summed E-state index contributed by atoms with van der Waals surface area (Å²) in [6.07, 6.45) is -4.84. The summed E-state index contributed by atoms with van der Waals surface area (Å²) in [5.41, 5.74) is 11.3. The SMILES string of the molecule is CC(=O)O[C@H]1[C@@H](OC(C)=O)[C@@H](CF)O[C@@H](ONC(=O)/C=C/c2ccc(CN(CCc3c(C)[nH]c4ccccc34)C(=O)OCC3c4ccccc4-c4ccccc43)cc2)[C@@H]1OC(C)=O. The lowest BCUT2D eigenvalue weighted by atomic mass is 9.98. The number of nitrogens with zero attached hydrogens (tertiary/aromatic N) is 1. The molecule has 5 atom stereocenters. The second-order valence-electron chi connectivity index (χ2n) is 15.3. The van der Waals surface area contributed by atoms with Crippen LogP contribution in [0, 0.1) is 6.92 Å². The summed E-state index contributed by atoms with van der Waals surface area (Å²) in [7, 11) is 0. The summed E-state index contributed by atoms with van der Waals surface area (Å²) < 4.78 is 41.5. The minimum atomic E-state index is -1.65. The standard InChI is InChI=1S/C48H48FN3O11/c1-28-34(39-15-9-10-16-41(39)50-28)23-24-52(48(57)58-27-40-37-13-7-5-11-35(37)36-12-6-8-14-38(36)40)26-33-19-17-32(18-20-33)21-22-43(56)51-63-47-46(61-31(4)55)45(60-30(3)54)44(59-29(2)53)42(25-49)62-47/h5-22,40,42,44-47,50H,23-27H2,1-4H3,(H,51,56)/b22-21+/t42-,44+,45+,46-,47+/m1/s1. The topological polar surface area (TPSA) is 172 Å². The molecule has 0 saturated carbocycles. The third kappa shape index (κ3) is 10.4. The Morgan fingerprint density at radius 3 is 2.03 bits per heavy atom. The number of H-pyrrole nitrogens is 1. The molecule has 0 radical (unpaired) electrons. The maximum absolute atomic E-state index is 14.1. The van der Waals surface area contributed by atoms with E-state index in [1.165, 1.54) is 12.2 Å². The van der Waals surface area contributed by atoms with Gasteiger partial charge in [0.05, 0.1) is 0 Å². The number of hydrogen-bond donors (Lipinski definition) is 2. The number of hydrogen-bond acceptors (Lipinski definition) is 11. The van der Waals surface area contributed by atoms with Crippen LogP contribution in [-0.2, 0) is 60.7 Å². The molecule has 1 saturated heterocycles. The number of amides is 2. The summed E-state index contributed by atoms with van der Waals surface area (Å²) in [6.45, 7) is 4.87. The molecular weight excluding hydrogens is 814 g/mol. The lowest BCUT2D eigenvalue weighted by molar-refractivity contribution is -0.315. The summed E-state index contributed by atoms with van der Waals surface area (Å²) in [6, 6.07) is 31.7. The number of carbonyl (C=O) groups is 5. The number of halogens is 1. The number of aromatic nitrogens is 1. The predicted molar refractivity (Wildman–Crippen MR) is 228 cm³/mol. The van der Waals surface area contributed by atoms with Gasteiger partial charge < -0.3 is 33.6 Å². The zero-order valence-electron chi connectivity index (χ0n) is 35.2. The van der Waals surface area contributed by atoms with Crippen molar-refractivity contribution in [2.75, 3.05) is 19.8 Å². The Bertz CT molecular complexity index is 2460. The van der Waals surface area contributed by atoms with E-state index >= 15 is 0 Å². The molecule has 1 aliphatic carbocycles. The normalized spacial score (nSPS) is 19.2. The molecule has 2 aliphatic rings. The molecule has 0 bridgehead atoms. The fourth-order valence-corrected chi connectivity index (χ4v) is 8.17. The number of ether oxygens (including phenoxy) is 5. The Balaban J connectivity index is 1.02. The molecular formula is C48H48FN3O11. The molecule has 1 aromatic heterocycles. The molecule has 1 fully saturated rings. The van der Waals surface area contributed by atoms with Crippen LogP contribution in [0.2, 0.25) is 0 Å². The molecule has 63 heavy (non-hydrogen) atoms. The van der Waals surface area contributed by atoms with Gasteiger partial charge in [-0.25, -0.2) is 19.5 Å². The first-order chi connectivity index (χ1) is 30.4. The van der Waals surface area contributed by atoms with Crippen molar-refractivity contribution in [3.8, 4) is 11.1 Å². The summed E-state index contributed by atoms with van der Waals surface area (Å²) in [5.74, 6) is -3.36. The number of carbonyl (C=O) groups excluding carboxylic acids is 5. The van der Waals surface area contributed by atoms with Gasteiger partial charge in [0.1, 0.15) is 19.4 Å². The molecule has 15 heteroatoms. The van der Waals surface area contributed by atoms with Gasteiger partial charge in [-0.15, -0.1) is 0 Å². The highest BCUT2D eigenvalue weighted by Gasteiger charge is 2.53. The molecule has 2 N–H and O–H groups in total. The molecule has 1 aliphatic heterocycles. The number of rotatable bonds is 15. The number of fused-ring (bicyclic) bond motifs is 4. The number of hydroxylamine groups is 1. The van der Waals surface area contributed by atoms with E-state index in [2.05, 4.69) is 40.8 Å². The lowest BCUT2D eigenvalue weighted by Gasteiger charge is -2.43. The molecule has 4 aromatic carbocycles. The fraction of sp³-hybridized carbons (Fsp3) is 0.312. The number of para-hydroxylation sites is 1. The molecule has 7 rings (SSSR count). The average Bonchev–Trinajstić information content (AvgIpc) is 3.77. The van der Waals surface area contributed by atoms with Crippen molar-refractivity contribution in [1.82, 2.24) is 15.4 Å². The Morgan fingerprint density at radius 1 is 0.778 bits per heavy atom. The van der Waals surface area contributed by atoms with Gasteiger partial charge in [-0.2, -0.15) is 0 Å². The number of alkyl halides is 1. The van der Waals surface area contributed by atoms with E-state index in [0.717, 1.165) is 70.7 Å². The summed E-state index contributed by atoms with van der Waals surface area (Å²) in [5, 5.41) is 1.10. The molecule has 0 spiro atoms. The van der Waals surface area contributed by atoms with Crippen LogP contribution in [-0.4, -0.2) is 90.3 Å². The second-order valence-corrected chi connectivity index (χ2v) is 15.3. The molecule has 0 unspecified atom stereocenters. The van der Waals surface area contributed by atoms with Gasteiger partial charge in [0.2, 0.25) is 6.29 Å².